The number of rotatable bonds is 3. The van der Waals surface area contributed by atoms with Gasteiger partial charge in [-0.05, 0) is 26.2 Å². The third-order valence-electron chi connectivity index (χ3n) is 4.93. The Bertz CT molecular complexity index is 670. The molecule has 3 heterocycles. The Hall–Kier alpha value is -1.82. The van der Waals surface area contributed by atoms with Crippen molar-refractivity contribution in [2.45, 2.75) is 38.8 Å². The van der Waals surface area contributed by atoms with E-state index in [9.17, 15) is 0 Å². The fourth-order valence-corrected chi connectivity index (χ4v) is 3.75. The van der Waals surface area contributed by atoms with Gasteiger partial charge in [0, 0.05) is 56.0 Å². The van der Waals surface area contributed by atoms with Crippen molar-refractivity contribution >= 4 is 5.82 Å². The Morgan fingerprint density at radius 2 is 2.36 bits per heavy atom. The molecule has 2 N–H and O–H groups in total. The van der Waals surface area contributed by atoms with E-state index in [1.165, 1.54) is 24.1 Å². The molecule has 0 radical (unpaired) electrons. The van der Waals surface area contributed by atoms with Crippen molar-refractivity contribution in [3.8, 4) is 0 Å². The third-order valence-corrected chi connectivity index (χ3v) is 4.93. The first kappa shape index (κ1) is 13.8. The fraction of sp³-hybridized carbons (Fsp3) is 0.625. The average molecular weight is 300 g/mol. The summed E-state index contributed by atoms with van der Waals surface area (Å²) >= 11 is 0. The maximum absolute atomic E-state index is 4.55. The lowest BCUT2D eigenvalue weighted by Crippen LogP contribution is -2.37. The molecule has 6 heteroatoms. The molecular weight excluding hydrogens is 276 g/mol. The summed E-state index contributed by atoms with van der Waals surface area (Å²) in [4.78, 5) is 0. The first-order valence-electron chi connectivity index (χ1n) is 8.23. The van der Waals surface area contributed by atoms with E-state index in [1.54, 1.807) is 0 Å². The number of nitrogens with zero attached hydrogens (tertiary/aromatic N) is 4. The van der Waals surface area contributed by atoms with Crippen LogP contribution in [0, 0.1) is 12.8 Å². The molecule has 118 valence electrons. The molecule has 2 atom stereocenters. The van der Waals surface area contributed by atoms with Crippen LogP contribution in [0.2, 0.25) is 0 Å². The van der Waals surface area contributed by atoms with Gasteiger partial charge in [0.2, 0.25) is 0 Å². The van der Waals surface area contributed by atoms with Crippen LogP contribution >= 0.6 is 0 Å². The van der Waals surface area contributed by atoms with Crippen LogP contribution in [0.4, 0.5) is 5.82 Å². The Kier molecular flexibility index (Phi) is 3.41. The van der Waals surface area contributed by atoms with Crippen LogP contribution in [-0.2, 0) is 20.0 Å². The highest BCUT2D eigenvalue weighted by atomic mass is 15.3. The summed E-state index contributed by atoms with van der Waals surface area (Å²) in [5.41, 5.74) is 3.88. The lowest BCUT2D eigenvalue weighted by molar-refractivity contribution is 0.354. The topological polar surface area (TPSA) is 59.7 Å². The molecule has 2 aliphatic rings. The Morgan fingerprint density at radius 1 is 1.45 bits per heavy atom. The van der Waals surface area contributed by atoms with Crippen molar-refractivity contribution in [2.24, 2.45) is 13.0 Å². The predicted molar refractivity (Wildman–Crippen MR) is 85.8 cm³/mol. The molecule has 0 fully saturated rings. The van der Waals surface area contributed by atoms with Crippen LogP contribution < -0.4 is 10.6 Å². The minimum Gasteiger partial charge on any atom is -0.370 e. The molecule has 0 saturated heterocycles. The number of hydrogen-bond donors (Lipinski definition) is 2. The minimum atomic E-state index is 0.457. The van der Waals surface area contributed by atoms with E-state index >= 15 is 0 Å². The summed E-state index contributed by atoms with van der Waals surface area (Å²) in [5.74, 6) is 1.73. The molecule has 0 amide bonds. The third kappa shape index (κ3) is 2.41. The number of anilines is 1. The second-order valence-corrected chi connectivity index (χ2v) is 6.62. The van der Waals surface area contributed by atoms with Crippen molar-refractivity contribution in [1.29, 1.82) is 0 Å². The van der Waals surface area contributed by atoms with Crippen LogP contribution in [0.1, 0.15) is 35.8 Å². The summed E-state index contributed by atoms with van der Waals surface area (Å²) in [5, 5.41) is 16.2. The van der Waals surface area contributed by atoms with Gasteiger partial charge in [-0.1, -0.05) is 0 Å². The van der Waals surface area contributed by atoms with Gasteiger partial charge in [-0.15, -0.1) is 0 Å². The normalized spacial score (nSPS) is 23.7. The first-order chi connectivity index (χ1) is 10.7. The van der Waals surface area contributed by atoms with E-state index in [1.807, 2.05) is 24.9 Å². The maximum atomic E-state index is 4.55. The quantitative estimate of drug-likeness (QED) is 0.904. The predicted octanol–water partition coefficient (Wildman–Crippen LogP) is 1.63. The molecule has 2 aromatic heterocycles. The van der Waals surface area contributed by atoms with Crippen LogP contribution in [0.25, 0.3) is 0 Å². The van der Waals surface area contributed by atoms with Gasteiger partial charge in [0.15, 0.2) is 0 Å². The molecule has 22 heavy (non-hydrogen) atoms. The van der Waals surface area contributed by atoms with Crippen LogP contribution in [0.5, 0.6) is 0 Å². The highest BCUT2D eigenvalue weighted by Gasteiger charge is 2.25. The maximum Gasteiger partial charge on any atom is 0.124 e. The molecule has 0 spiro atoms. The highest BCUT2D eigenvalue weighted by molar-refractivity contribution is 5.38. The number of aromatic nitrogens is 4. The summed E-state index contributed by atoms with van der Waals surface area (Å²) < 4.78 is 4.13. The van der Waals surface area contributed by atoms with Crippen molar-refractivity contribution < 1.29 is 0 Å². The molecule has 1 aliphatic carbocycles. The highest BCUT2D eigenvalue weighted by Crippen LogP contribution is 2.29. The number of fused-ring (bicyclic) bond motifs is 2. The standard InChI is InChI=1S/C16H24N6/c1-11-6-16-18-8-12(10-22(16)20-11)7-17-14-4-3-5-15-13(14)9-19-21(15)2/h6,9,12,14,17-18H,3-5,7-8,10H2,1-2H3. The largest absolute Gasteiger partial charge is 0.370 e. The Morgan fingerprint density at radius 3 is 3.27 bits per heavy atom. The Labute approximate surface area is 130 Å². The number of aryl methyl sites for hydroxylation is 2. The zero-order valence-electron chi connectivity index (χ0n) is 13.3. The summed E-state index contributed by atoms with van der Waals surface area (Å²) in [6.45, 7) is 5.08. The molecule has 0 saturated carbocycles. The van der Waals surface area contributed by atoms with Crippen molar-refractivity contribution in [3.63, 3.8) is 0 Å². The van der Waals surface area contributed by atoms with Crippen LogP contribution in [0.3, 0.4) is 0 Å². The van der Waals surface area contributed by atoms with Gasteiger partial charge >= 0.3 is 0 Å². The molecule has 6 nitrogen and oxygen atoms in total. The molecule has 2 unspecified atom stereocenters. The van der Waals surface area contributed by atoms with Gasteiger partial charge in [-0.2, -0.15) is 10.2 Å². The molecular formula is C16H24N6. The minimum absolute atomic E-state index is 0.457. The van der Waals surface area contributed by atoms with E-state index in [4.69, 9.17) is 0 Å². The molecule has 4 rings (SSSR count). The smallest absolute Gasteiger partial charge is 0.124 e. The second-order valence-electron chi connectivity index (χ2n) is 6.62. The van der Waals surface area contributed by atoms with Gasteiger partial charge in [-0.25, -0.2) is 4.68 Å². The molecule has 1 aliphatic heterocycles. The SMILES string of the molecule is Cc1cc2n(n1)CC(CNC1CCCc3c1cnn3C)CN2. The second kappa shape index (κ2) is 5.43. The monoisotopic (exact) mass is 300 g/mol. The van der Waals surface area contributed by atoms with Crippen LogP contribution in [-0.4, -0.2) is 32.7 Å². The van der Waals surface area contributed by atoms with Gasteiger partial charge < -0.3 is 10.6 Å². The molecule has 0 aromatic carbocycles. The van der Waals surface area contributed by atoms with Crippen molar-refractivity contribution in [2.75, 3.05) is 18.4 Å². The fourth-order valence-electron chi connectivity index (χ4n) is 3.75. The summed E-state index contributed by atoms with van der Waals surface area (Å²) in [7, 11) is 2.05. The lowest BCUT2D eigenvalue weighted by Gasteiger charge is -2.29. The summed E-state index contributed by atoms with van der Waals surface area (Å²) in [6, 6.07) is 2.57. The van der Waals surface area contributed by atoms with E-state index in [0.717, 1.165) is 37.6 Å². The average Bonchev–Trinajstić information content (AvgIpc) is 3.07. The van der Waals surface area contributed by atoms with Gasteiger partial charge in [-0.3, -0.25) is 4.68 Å². The lowest BCUT2D eigenvalue weighted by atomic mass is 9.92. The molecule has 2 aromatic rings. The van der Waals surface area contributed by atoms with E-state index < -0.39 is 0 Å². The number of nitrogens with one attached hydrogen (secondary N) is 2. The van der Waals surface area contributed by atoms with E-state index in [2.05, 4.69) is 31.6 Å². The van der Waals surface area contributed by atoms with Crippen molar-refractivity contribution in [1.82, 2.24) is 24.9 Å². The first-order valence-corrected chi connectivity index (χ1v) is 8.23. The Balaban J connectivity index is 1.40. The van der Waals surface area contributed by atoms with Crippen LogP contribution in [0.15, 0.2) is 12.3 Å². The zero-order chi connectivity index (χ0) is 15.1. The zero-order valence-corrected chi connectivity index (χ0v) is 13.3. The van der Waals surface area contributed by atoms with Gasteiger partial charge in [0.05, 0.1) is 11.9 Å². The van der Waals surface area contributed by atoms with Gasteiger partial charge in [0.25, 0.3) is 0 Å². The van der Waals surface area contributed by atoms with Crippen molar-refractivity contribution in [3.05, 3.63) is 29.2 Å². The number of hydrogen-bond acceptors (Lipinski definition) is 4. The molecule has 0 bridgehead atoms. The van der Waals surface area contributed by atoms with E-state index in [-0.39, 0.29) is 0 Å². The summed E-state index contributed by atoms with van der Waals surface area (Å²) in [6.07, 6.45) is 5.66. The van der Waals surface area contributed by atoms with E-state index in [0.29, 0.717) is 12.0 Å². The van der Waals surface area contributed by atoms with Gasteiger partial charge in [0.1, 0.15) is 5.82 Å².